The summed E-state index contributed by atoms with van der Waals surface area (Å²) in [5.41, 5.74) is 2.04. The molecule has 0 aliphatic rings. The van der Waals surface area contributed by atoms with Gasteiger partial charge < -0.3 is 9.52 Å². The molecule has 0 aliphatic heterocycles. The molecule has 1 N–H and O–H groups in total. The maximum absolute atomic E-state index is 10.9. The van der Waals surface area contributed by atoms with Crippen LogP contribution in [0.3, 0.4) is 0 Å². The Morgan fingerprint density at radius 3 is 2.15 bits per heavy atom. The van der Waals surface area contributed by atoms with Crippen molar-refractivity contribution >= 4 is 28.9 Å². The van der Waals surface area contributed by atoms with Gasteiger partial charge in [0.25, 0.3) is 0 Å². The predicted molar refractivity (Wildman–Crippen MR) is 77.6 cm³/mol. The number of carboxylic acid groups (broad SMARTS) is 1. The summed E-state index contributed by atoms with van der Waals surface area (Å²) in [4.78, 5) is 10.9. The molecule has 0 unspecified atom stereocenters. The van der Waals surface area contributed by atoms with Gasteiger partial charge in [0.2, 0.25) is 0 Å². The average Bonchev–Trinajstić information content (AvgIpc) is 2.78. The number of rotatable bonds is 2. The van der Waals surface area contributed by atoms with Gasteiger partial charge in [0, 0.05) is 10.8 Å². The summed E-state index contributed by atoms with van der Waals surface area (Å²) in [6.07, 6.45) is 2.99. The number of hydrogen-bond donors (Lipinski definition) is 1. The van der Waals surface area contributed by atoms with Crippen LogP contribution in [0.5, 0.6) is 0 Å². The van der Waals surface area contributed by atoms with Gasteiger partial charge in [-0.2, -0.15) is 0 Å². The third kappa shape index (κ3) is 2.34. The lowest BCUT2D eigenvalue weighted by Gasteiger charge is -1.89. The fourth-order valence-electron chi connectivity index (χ4n) is 2.17. The lowest BCUT2D eigenvalue weighted by Crippen LogP contribution is -2.04. The van der Waals surface area contributed by atoms with Crippen LogP contribution in [0.15, 0.2) is 59.0 Å². The third-order valence-corrected chi connectivity index (χ3v) is 3.03. The largest absolute Gasteiger partial charge is 0.478 e. The molecule has 3 nitrogen and oxygen atoms in total. The second-order valence-electron chi connectivity index (χ2n) is 4.41. The Balaban J connectivity index is 2.33. The molecule has 1 aromatic heterocycles. The SMILES string of the molecule is O=C(O)/C=c1\o/c(=C\c2ccccc2)c2ccccc12. The predicted octanol–water partition coefficient (Wildman–Crippen LogP) is 2.13. The second-order valence-corrected chi connectivity index (χ2v) is 4.41. The number of benzene rings is 2. The molecule has 2 aromatic carbocycles. The Morgan fingerprint density at radius 1 is 0.900 bits per heavy atom. The molecule has 0 fully saturated rings. The van der Waals surface area contributed by atoms with Crippen LogP contribution in [-0.4, -0.2) is 11.1 Å². The summed E-state index contributed by atoms with van der Waals surface area (Å²) in [7, 11) is 0. The van der Waals surface area contributed by atoms with Crippen molar-refractivity contribution in [3.05, 3.63) is 71.0 Å². The van der Waals surface area contributed by atoms with Crippen molar-refractivity contribution in [3.63, 3.8) is 0 Å². The summed E-state index contributed by atoms with van der Waals surface area (Å²) in [5.74, 6) is -1.02. The van der Waals surface area contributed by atoms with Gasteiger partial charge in [0.05, 0.1) is 6.08 Å². The molecule has 0 bridgehead atoms. The minimum atomic E-state index is -1.02. The number of carbonyl (C=O) groups is 1. The molecule has 0 spiro atoms. The maximum Gasteiger partial charge on any atom is 0.332 e. The van der Waals surface area contributed by atoms with Gasteiger partial charge in [-0.25, -0.2) is 4.79 Å². The molecule has 3 aromatic rings. The summed E-state index contributed by atoms with van der Waals surface area (Å²) < 4.78 is 5.69. The molecule has 0 atom stereocenters. The first kappa shape index (κ1) is 12.2. The van der Waals surface area contributed by atoms with Crippen molar-refractivity contribution in [2.75, 3.05) is 0 Å². The first-order chi connectivity index (χ1) is 9.74. The van der Waals surface area contributed by atoms with E-state index in [2.05, 4.69) is 0 Å². The van der Waals surface area contributed by atoms with E-state index >= 15 is 0 Å². The topological polar surface area (TPSA) is 50.4 Å². The van der Waals surface area contributed by atoms with Crippen molar-refractivity contribution in [2.45, 2.75) is 0 Å². The van der Waals surface area contributed by atoms with Crippen LogP contribution in [0.25, 0.3) is 22.9 Å². The zero-order chi connectivity index (χ0) is 13.9. The molecule has 0 saturated carbocycles. The summed E-state index contributed by atoms with van der Waals surface area (Å²) in [5, 5.41) is 10.6. The van der Waals surface area contributed by atoms with Crippen LogP contribution >= 0.6 is 0 Å². The summed E-state index contributed by atoms with van der Waals surface area (Å²) in [6.45, 7) is 0. The third-order valence-electron chi connectivity index (χ3n) is 3.03. The van der Waals surface area contributed by atoms with Gasteiger partial charge >= 0.3 is 5.97 Å². The van der Waals surface area contributed by atoms with E-state index in [0.29, 0.717) is 10.8 Å². The highest BCUT2D eigenvalue weighted by atomic mass is 16.4. The van der Waals surface area contributed by atoms with Gasteiger partial charge in [0.1, 0.15) is 10.8 Å². The number of hydrogen-bond acceptors (Lipinski definition) is 2. The lowest BCUT2D eigenvalue weighted by molar-refractivity contribution is -0.129. The van der Waals surface area contributed by atoms with Gasteiger partial charge in [0.15, 0.2) is 0 Å². The zero-order valence-corrected chi connectivity index (χ0v) is 10.6. The first-order valence-corrected chi connectivity index (χ1v) is 6.23. The van der Waals surface area contributed by atoms with Crippen molar-refractivity contribution in [1.82, 2.24) is 0 Å². The second kappa shape index (κ2) is 5.05. The van der Waals surface area contributed by atoms with Crippen LogP contribution in [-0.2, 0) is 4.79 Å². The number of carboxylic acids is 1. The smallest absolute Gasteiger partial charge is 0.332 e. The highest BCUT2D eigenvalue weighted by molar-refractivity contribution is 6.00. The van der Waals surface area contributed by atoms with Gasteiger partial charge in [-0.15, -0.1) is 0 Å². The van der Waals surface area contributed by atoms with E-state index < -0.39 is 5.97 Å². The van der Waals surface area contributed by atoms with Crippen LogP contribution in [0, 0.1) is 0 Å². The van der Waals surface area contributed by atoms with E-state index in [4.69, 9.17) is 9.52 Å². The summed E-state index contributed by atoms with van der Waals surface area (Å²) in [6, 6.07) is 17.3. The minimum Gasteiger partial charge on any atom is -0.478 e. The van der Waals surface area contributed by atoms with E-state index in [1.54, 1.807) is 0 Å². The Labute approximate surface area is 115 Å². The van der Waals surface area contributed by atoms with Crippen molar-refractivity contribution < 1.29 is 14.3 Å². The molecule has 20 heavy (non-hydrogen) atoms. The molecule has 0 saturated heterocycles. The molecule has 98 valence electrons. The highest BCUT2D eigenvalue weighted by Crippen LogP contribution is 2.06. The number of fused-ring (bicyclic) bond motifs is 1. The zero-order valence-electron chi connectivity index (χ0n) is 10.6. The van der Waals surface area contributed by atoms with Gasteiger partial charge in [-0.05, 0) is 11.6 Å². The maximum atomic E-state index is 10.9. The van der Waals surface area contributed by atoms with Crippen LogP contribution in [0.1, 0.15) is 5.56 Å². The molecule has 0 amide bonds. The average molecular weight is 264 g/mol. The lowest BCUT2D eigenvalue weighted by atomic mass is 10.1. The highest BCUT2D eigenvalue weighted by Gasteiger charge is 2.03. The minimum absolute atomic E-state index is 0.371. The van der Waals surface area contributed by atoms with E-state index in [-0.39, 0.29) is 0 Å². The molecule has 3 rings (SSSR count). The Morgan fingerprint density at radius 2 is 1.50 bits per heavy atom. The van der Waals surface area contributed by atoms with Crippen molar-refractivity contribution in [2.24, 2.45) is 0 Å². The Hall–Kier alpha value is -2.81. The van der Waals surface area contributed by atoms with Crippen molar-refractivity contribution in [1.29, 1.82) is 0 Å². The van der Waals surface area contributed by atoms with E-state index in [9.17, 15) is 4.79 Å². The quantitative estimate of drug-likeness (QED) is 0.771. The molecule has 1 heterocycles. The van der Waals surface area contributed by atoms with Crippen molar-refractivity contribution in [3.8, 4) is 0 Å². The Bertz CT molecular complexity index is 873. The molecule has 3 heteroatoms. The normalized spacial score (nSPS) is 13.0. The summed E-state index contributed by atoms with van der Waals surface area (Å²) >= 11 is 0. The van der Waals surface area contributed by atoms with Crippen LogP contribution in [0.4, 0.5) is 0 Å². The van der Waals surface area contributed by atoms with Crippen LogP contribution < -0.4 is 10.8 Å². The monoisotopic (exact) mass is 264 g/mol. The molecule has 0 aliphatic carbocycles. The molecule has 0 radical (unpaired) electrons. The van der Waals surface area contributed by atoms with E-state index in [1.165, 1.54) is 0 Å². The van der Waals surface area contributed by atoms with E-state index in [0.717, 1.165) is 22.4 Å². The van der Waals surface area contributed by atoms with Gasteiger partial charge in [-0.1, -0.05) is 54.6 Å². The molecular formula is C17H12O3. The number of aliphatic carboxylic acids is 1. The standard InChI is InChI=1S/C17H12O3/c18-17(19)11-16-14-9-5-4-8-13(14)15(20-16)10-12-6-2-1-3-7-12/h1-11H,(H,18,19)/b15-10-,16-11-. The van der Waals surface area contributed by atoms with Gasteiger partial charge in [-0.3, -0.25) is 0 Å². The molecular weight excluding hydrogens is 252 g/mol. The first-order valence-electron chi connectivity index (χ1n) is 6.23. The number of furan rings is 1. The fraction of sp³-hybridized carbons (Fsp3) is 0. The van der Waals surface area contributed by atoms with E-state index in [1.807, 2.05) is 60.7 Å². The van der Waals surface area contributed by atoms with Crippen LogP contribution in [0.2, 0.25) is 0 Å². The Kier molecular flexibility index (Phi) is 3.09. The fourth-order valence-corrected chi connectivity index (χ4v) is 2.17.